The molecule has 9 aromatic rings. The summed E-state index contributed by atoms with van der Waals surface area (Å²) in [4.78, 5) is 0. The van der Waals surface area contributed by atoms with Gasteiger partial charge in [0.15, 0.2) is 0 Å². The zero-order valence-electron chi connectivity index (χ0n) is 47.6. The summed E-state index contributed by atoms with van der Waals surface area (Å²) >= 11 is 0. The van der Waals surface area contributed by atoms with Gasteiger partial charge in [-0.1, -0.05) is 228 Å². The largest absolute Gasteiger partial charge is 0.0774 e. The molecule has 70 heavy (non-hydrogen) atoms. The van der Waals surface area contributed by atoms with Crippen LogP contribution in [0.25, 0.3) is 86.2 Å². The van der Waals surface area contributed by atoms with Gasteiger partial charge in [0.2, 0.25) is 0 Å². The summed E-state index contributed by atoms with van der Waals surface area (Å²) in [5, 5.41) is 33.1. The monoisotopic (exact) mass is 999 g/mol. The van der Waals surface area contributed by atoms with Gasteiger partial charge in [-0.2, -0.15) is 0 Å². The van der Waals surface area contributed by atoms with Gasteiger partial charge in [0.1, 0.15) is 0 Å². The number of unbranched alkanes of at least 4 members (excludes halogenated alkanes) is 12. The molecule has 0 bridgehead atoms. The normalized spacial score (nSPS) is 13.7. The Kier molecular flexibility index (Phi) is 14.6. The van der Waals surface area contributed by atoms with Crippen molar-refractivity contribution in [3.63, 3.8) is 0 Å². The lowest BCUT2D eigenvalue weighted by molar-refractivity contribution is 0.668. The maximum Gasteiger partial charge on any atom is 0.0774 e. The topological polar surface area (TPSA) is 0 Å². The second-order valence-corrected chi connectivity index (χ2v) is 47.1. The highest BCUT2D eigenvalue weighted by Gasteiger charge is 2.35. The highest BCUT2D eigenvalue weighted by atomic mass is 28.3. The fraction of sp³-hybridized carbons (Fsp3) is 0.545. The lowest BCUT2D eigenvalue weighted by atomic mass is 9.73. The van der Waals surface area contributed by atoms with Crippen LogP contribution in [0.4, 0.5) is 0 Å². The molecule has 374 valence electrons. The molecule has 0 fully saturated rings. The Labute approximate surface area is 429 Å². The molecule has 9 aromatic carbocycles. The van der Waals surface area contributed by atoms with Crippen molar-refractivity contribution in [1.82, 2.24) is 0 Å². The smallest absolute Gasteiger partial charge is 0.0656 e. The zero-order chi connectivity index (χ0) is 50.2. The number of hydrogen-bond donors (Lipinski definition) is 0. The first-order valence-corrected chi connectivity index (χ1v) is 43.2. The quantitative estimate of drug-likeness (QED) is 0.0418. The van der Waals surface area contributed by atoms with Crippen LogP contribution in [0.5, 0.6) is 0 Å². The molecule has 0 aliphatic rings. The molecule has 0 spiro atoms. The summed E-state index contributed by atoms with van der Waals surface area (Å²) in [7, 11) is -6.34. The summed E-state index contributed by atoms with van der Waals surface area (Å²) in [6.07, 6.45) is 25.8. The molecule has 0 N–H and O–H groups in total. The van der Waals surface area contributed by atoms with E-state index in [9.17, 15) is 0 Å². The molecule has 0 saturated heterocycles. The van der Waals surface area contributed by atoms with Gasteiger partial charge in [0.25, 0.3) is 0 Å². The van der Waals surface area contributed by atoms with Gasteiger partial charge in [-0.25, -0.2) is 0 Å². The van der Waals surface area contributed by atoms with E-state index in [-0.39, 0.29) is 0 Å². The fourth-order valence-electron chi connectivity index (χ4n) is 13.7. The first-order valence-electron chi connectivity index (χ1n) is 29.2. The van der Waals surface area contributed by atoms with Gasteiger partial charge in [0.05, 0.1) is 32.3 Å². The minimum Gasteiger partial charge on any atom is -0.0656 e. The Bertz CT molecular complexity index is 2850. The predicted octanol–water partition coefficient (Wildman–Crippen LogP) is 19.3. The number of rotatable bonds is 24. The molecular formula is C66H94Si4. The maximum atomic E-state index is 2.78. The van der Waals surface area contributed by atoms with E-state index in [2.05, 4.69) is 143 Å². The number of hydrogen-bond acceptors (Lipinski definition) is 0. The van der Waals surface area contributed by atoms with Crippen molar-refractivity contribution in [1.29, 1.82) is 0 Å². The molecule has 0 unspecified atom stereocenters. The Morgan fingerprint density at radius 1 is 0.229 bits per heavy atom. The number of benzene rings is 5. The fourth-order valence-corrected chi connectivity index (χ4v) is 24.0. The van der Waals surface area contributed by atoms with Crippen molar-refractivity contribution in [2.24, 2.45) is 0 Å². The van der Waals surface area contributed by atoms with Crippen LogP contribution in [0, 0.1) is 0 Å². The summed E-state index contributed by atoms with van der Waals surface area (Å²) in [5.74, 6) is 0. The SMILES string of the molecule is CCCCCCc1c2c3cc([Si](C)(C)C)c([Si](C)(C)C)cc3c2c(CCCCCC)c2c3cc4c(cc3c12)c1c(CCCCCC)c2c3cc([Si](C)(C)C)c([Si](C)(C)C)cc3c2c(CCCCCC)c41. The molecule has 0 aliphatic carbocycles. The molecule has 0 atom stereocenters. The van der Waals surface area contributed by atoms with Gasteiger partial charge >= 0.3 is 0 Å². The second-order valence-electron chi connectivity index (χ2n) is 27.0. The highest BCUT2D eigenvalue weighted by molar-refractivity contribution is 6.99. The third-order valence-corrected chi connectivity index (χ3v) is 26.0. The first kappa shape index (κ1) is 51.9. The van der Waals surface area contributed by atoms with Crippen molar-refractivity contribution in [2.45, 2.75) is 235 Å². The summed E-state index contributed by atoms with van der Waals surface area (Å²) in [5.41, 5.74) is 6.83. The van der Waals surface area contributed by atoms with E-state index >= 15 is 0 Å². The minimum absolute atomic E-state index is 1.21. The van der Waals surface area contributed by atoms with Crippen LogP contribution in [0.3, 0.4) is 0 Å². The van der Waals surface area contributed by atoms with Crippen LogP contribution in [0.15, 0.2) is 36.4 Å². The molecule has 4 heteroatoms. The first-order chi connectivity index (χ1) is 33.2. The minimum atomic E-state index is -1.58. The summed E-state index contributed by atoms with van der Waals surface area (Å²) in [6, 6.07) is 16.7. The van der Waals surface area contributed by atoms with Gasteiger partial charge in [-0.05, 0) is 172 Å². The maximum absolute atomic E-state index is 2.78. The van der Waals surface area contributed by atoms with Crippen LogP contribution in [0.2, 0.25) is 78.6 Å². The molecule has 0 radical (unpaired) electrons. The van der Waals surface area contributed by atoms with Gasteiger partial charge in [-0.3, -0.25) is 0 Å². The van der Waals surface area contributed by atoms with Crippen molar-refractivity contribution >= 4 is 139 Å². The van der Waals surface area contributed by atoms with Crippen LogP contribution < -0.4 is 20.7 Å². The molecule has 9 rings (SSSR count). The predicted molar refractivity (Wildman–Crippen MR) is 335 cm³/mol. The van der Waals surface area contributed by atoms with Crippen LogP contribution in [-0.4, -0.2) is 32.3 Å². The molecule has 0 nitrogen and oxygen atoms in total. The number of aryl methyl sites for hydroxylation is 4. The van der Waals surface area contributed by atoms with E-state index in [4.69, 9.17) is 0 Å². The van der Waals surface area contributed by atoms with Crippen LogP contribution in [0.1, 0.15) is 153 Å². The highest BCUT2D eigenvalue weighted by Crippen LogP contribution is 2.56. The van der Waals surface area contributed by atoms with Crippen LogP contribution in [-0.2, 0) is 25.7 Å². The van der Waals surface area contributed by atoms with E-state index in [0.29, 0.717) is 0 Å². The molecule has 0 saturated carbocycles. The van der Waals surface area contributed by atoms with Crippen molar-refractivity contribution in [2.75, 3.05) is 0 Å². The van der Waals surface area contributed by atoms with E-state index < -0.39 is 32.3 Å². The van der Waals surface area contributed by atoms with Gasteiger partial charge in [0, 0.05) is 0 Å². The van der Waals surface area contributed by atoms with Crippen molar-refractivity contribution < 1.29 is 0 Å². The van der Waals surface area contributed by atoms with Crippen molar-refractivity contribution in [3.05, 3.63) is 58.7 Å². The average molecular weight is 1000 g/mol. The summed E-state index contributed by atoms with van der Waals surface area (Å²) < 4.78 is 0. The van der Waals surface area contributed by atoms with Crippen molar-refractivity contribution in [3.8, 4) is 0 Å². The Morgan fingerprint density at radius 3 is 0.557 bits per heavy atom. The molecule has 0 amide bonds. The van der Waals surface area contributed by atoms with E-state index in [1.807, 2.05) is 0 Å². The third-order valence-electron chi connectivity index (χ3n) is 17.4. The lowest BCUT2D eigenvalue weighted by Crippen LogP contribution is -2.56. The average Bonchev–Trinajstić information content (AvgIpc) is 3.26. The molecule has 0 aliphatic heterocycles. The zero-order valence-corrected chi connectivity index (χ0v) is 51.6. The molecule has 0 aromatic heterocycles. The number of fused-ring (bicyclic) bond motifs is 16. The lowest BCUT2D eigenvalue weighted by Gasteiger charge is -2.33. The molecular weight excluding hydrogens is 905 g/mol. The third kappa shape index (κ3) is 8.89. The van der Waals surface area contributed by atoms with Gasteiger partial charge < -0.3 is 0 Å². The van der Waals surface area contributed by atoms with Crippen LogP contribution >= 0.6 is 0 Å². The van der Waals surface area contributed by atoms with E-state index in [0.717, 1.165) is 0 Å². The Balaban J connectivity index is 1.39. The Hall–Kier alpha value is -3.03. The Morgan fingerprint density at radius 2 is 0.400 bits per heavy atom. The van der Waals surface area contributed by atoms with E-state index in [1.54, 1.807) is 129 Å². The standard InChI is InChI=1S/C66H94Si4/c1-17-21-25-29-33-43-59-47-37-49-50(38-48(47)60(59)44(34-30-26-22-18-2)64-52-40-56(68(8,9)10)55(67(5,6)7)39-51(52)63(43)64)62-46(36-32-28-24-20-4)66-54-42-58(70(14,15)16)57(69(11,12)13)41-53(54)65(66)45(61(49)62)35-31-27-23-19-3/h37-42H,17-36H2,1-16H3. The second kappa shape index (κ2) is 19.7. The molecule has 0 heterocycles. The van der Waals surface area contributed by atoms with E-state index in [1.165, 1.54) is 128 Å². The summed E-state index contributed by atoms with van der Waals surface area (Å²) in [6.45, 7) is 40.7. The van der Waals surface area contributed by atoms with Gasteiger partial charge in [-0.15, -0.1) is 0 Å².